The first kappa shape index (κ1) is 15.3. The summed E-state index contributed by atoms with van der Waals surface area (Å²) in [6.07, 6.45) is -1.66. The minimum absolute atomic E-state index is 0.129. The maximum Gasteiger partial charge on any atom is 0.418 e. The number of nitrogens with zero attached hydrogens (tertiary/aromatic N) is 1. The Kier molecular flexibility index (Phi) is 4.75. The van der Waals surface area contributed by atoms with Gasteiger partial charge in [-0.15, -0.1) is 0 Å². The van der Waals surface area contributed by atoms with Gasteiger partial charge in [-0.05, 0) is 31.9 Å². The average molecular weight is 270 g/mol. The lowest BCUT2D eigenvalue weighted by molar-refractivity contribution is -0.0899. The van der Waals surface area contributed by atoms with Gasteiger partial charge in [-0.25, -0.2) is 0 Å². The zero-order valence-corrected chi connectivity index (χ0v) is 11.2. The van der Waals surface area contributed by atoms with Gasteiger partial charge in [0.1, 0.15) is 0 Å². The van der Waals surface area contributed by atoms with Crippen molar-refractivity contribution in [3.05, 3.63) is 53.0 Å². The Hall–Kier alpha value is -1.78. The molecule has 0 aliphatic rings. The predicted octanol–water partition coefficient (Wildman–Crippen LogP) is 3.81. The van der Waals surface area contributed by atoms with E-state index in [4.69, 9.17) is 0 Å². The Balaban J connectivity index is 2.77. The Labute approximate surface area is 111 Å². The molecule has 0 saturated carbocycles. The van der Waals surface area contributed by atoms with Crippen molar-refractivity contribution in [2.45, 2.75) is 33.5 Å². The molecule has 0 aliphatic heterocycles. The van der Waals surface area contributed by atoms with Crippen LogP contribution in [0, 0.1) is 13.8 Å². The number of aryl methyl sites for hydroxylation is 2. The highest BCUT2D eigenvalue weighted by Gasteiger charge is 2.34. The molecule has 0 radical (unpaired) electrons. The number of hydrogen-bond acceptors (Lipinski definition) is 2. The van der Waals surface area contributed by atoms with Crippen LogP contribution >= 0.6 is 0 Å². The summed E-state index contributed by atoms with van der Waals surface area (Å²) in [6.45, 7) is 8.76. The Morgan fingerprint density at radius 3 is 2.58 bits per heavy atom. The van der Waals surface area contributed by atoms with E-state index in [0.717, 1.165) is 22.9 Å². The summed E-state index contributed by atoms with van der Waals surface area (Å²) in [5, 5.41) is 2.70. The summed E-state index contributed by atoms with van der Waals surface area (Å²) in [5.41, 5.74) is 1.75. The second-order valence-electron chi connectivity index (χ2n) is 4.29. The molecule has 1 heterocycles. The van der Waals surface area contributed by atoms with Crippen molar-refractivity contribution in [1.29, 1.82) is 0 Å². The van der Waals surface area contributed by atoms with Crippen molar-refractivity contribution in [3.8, 4) is 0 Å². The maximum atomic E-state index is 12.7. The largest absolute Gasteiger partial charge is 0.418 e. The average Bonchev–Trinajstić information content (AvgIpc) is 2.29. The third-order valence-electron chi connectivity index (χ3n) is 2.74. The third kappa shape index (κ3) is 4.12. The lowest BCUT2D eigenvalue weighted by Gasteiger charge is -2.16. The SMILES string of the molecule is C=C(NCc1cc(C)cnc1C)/C(=C\C)C(F)(F)F. The lowest BCUT2D eigenvalue weighted by Crippen LogP contribution is -2.22. The Bertz CT molecular complexity index is 502. The van der Waals surface area contributed by atoms with E-state index in [0.29, 0.717) is 0 Å². The highest BCUT2D eigenvalue weighted by Crippen LogP contribution is 2.29. The molecular formula is C14H17F3N2. The molecule has 1 aromatic heterocycles. The number of hydrogen-bond donors (Lipinski definition) is 1. The molecule has 0 aromatic carbocycles. The number of halogens is 3. The first-order valence-corrected chi connectivity index (χ1v) is 5.84. The van der Waals surface area contributed by atoms with Gasteiger partial charge in [0.25, 0.3) is 0 Å². The van der Waals surface area contributed by atoms with E-state index in [1.165, 1.54) is 6.92 Å². The van der Waals surface area contributed by atoms with Gasteiger partial charge in [0.15, 0.2) is 0 Å². The molecule has 1 aromatic rings. The topological polar surface area (TPSA) is 24.9 Å². The zero-order valence-electron chi connectivity index (χ0n) is 11.2. The van der Waals surface area contributed by atoms with Crippen LogP contribution in [0.2, 0.25) is 0 Å². The zero-order chi connectivity index (χ0) is 14.6. The summed E-state index contributed by atoms with van der Waals surface area (Å²) in [6, 6.07) is 1.89. The summed E-state index contributed by atoms with van der Waals surface area (Å²) >= 11 is 0. The maximum absolute atomic E-state index is 12.7. The molecule has 2 nitrogen and oxygen atoms in total. The van der Waals surface area contributed by atoms with Crippen LogP contribution in [0.1, 0.15) is 23.7 Å². The Morgan fingerprint density at radius 2 is 2.05 bits per heavy atom. The minimum atomic E-state index is -4.39. The minimum Gasteiger partial charge on any atom is -0.381 e. The van der Waals surface area contributed by atoms with Crippen LogP contribution in [-0.2, 0) is 6.54 Å². The highest BCUT2D eigenvalue weighted by atomic mass is 19.4. The molecule has 0 spiro atoms. The van der Waals surface area contributed by atoms with Gasteiger partial charge < -0.3 is 5.32 Å². The fourth-order valence-electron chi connectivity index (χ4n) is 1.68. The number of rotatable bonds is 4. The molecule has 1 N–H and O–H groups in total. The van der Waals surface area contributed by atoms with Crippen molar-refractivity contribution in [1.82, 2.24) is 10.3 Å². The number of aromatic nitrogens is 1. The van der Waals surface area contributed by atoms with E-state index in [2.05, 4.69) is 16.9 Å². The molecule has 0 fully saturated rings. The van der Waals surface area contributed by atoms with Crippen LogP contribution in [-0.4, -0.2) is 11.2 Å². The summed E-state index contributed by atoms with van der Waals surface area (Å²) in [4.78, 5) is 4.16. The van der Waals surface area contributed by atoms with E-state index < -0.39 is 11.7 Å². The van der Waals surface area contributed by atoms with Crippen molar-refractivity contribution < 1.29 is 13.2 Å². The first-order valence-electron chi connectivity index (χ1n) is 5.84. The Morgan fingerprint density at radius 1 is 1.42 bits per heavy atom. The normalized spacial score (nSPS) is 12.4. The number of nitrogens with one attached hydrogen (secondary N) is 1. The fraction of sp³-hybridized carbons (Fsp3) is 0.357. The molecule has 1 rings (SSSR count). The van der Waals surface area contributed by atoms with E-state index in [1.807, 2.05) is 19.9 Å². The van der Waals surface area contributed by atoms with Gasteiger partial charge in [-0.2, -0.15) is 13.2 Å². The molecule has 0 amide bonds. The lowest BCUT2D eigenvalue weighted by atomic mass is 10.1. The number of allylic oxidation sites excluding steroid dienone is 2. The van der Waals surface area contributed by atoms with Crippen LogP contribution in [0.15, 0.2) is 36.2 Å². The van der Waals surface area contributed by atoms with E-state index in [-0.39, 0.29) is 12.2 Å². The van der Waals surface area contributed by atoms with Gasteiger partial charge in [0.05, 0.1) is 5.57 Å². The van der Waals surface area contributed by atoms with Crippen molar-refractivity contribution >= 4 is 0 Å². The molecule has 0 saturated heterocycles. The molecule has 5 heteroatoms. The van der Waals surface area contributed by atoms with Crippen LogP contribution in [0.25, 0.3) is 0 Å². The summed E-state index contributed by atoms with van der Waals surface area (Å²) in [7, 11) is 0. The third-order valence-corrected chi connectivity index (χ3v) is 2.74. The van der Waals surface area contributed by atoms with Gasteiger partial charge in [-0.1, -0.05) is 18.7 Å². The van der Waals surface area contributed by atoms with Gasteiger partial charge >= 0.3 is 6.18 Å². The van der Waals surface area contributed by atoms with Crippen LogP contribution in [0.4, 0.5) is 13.2 Å². The van der Waals surface area contributed by atoms with Gasteiger partial charge in [-0.3, -0.25) is 4.98 Å². The predicted molar refractivity (Wildman–Crippen MR) is 69.5 cm³/mol. The van der Waals surface area contributed by atoms with E-state index >= 15 is 0 Å². The first-order chi connectivity index (χ1) is 8.75. The summed E-state index contributed by atoms with van der Waals surface area (Å²) in [5.74, 6) is 0. The summed E-state index contributed by atoms with van der Waals surface area (Å²) < 4.78 is 38.0. The molecule has 19 heavy (non-hydrogen) atoms. The highest BCUT2D eigenvalue weighted by molar-refractivity contribution is 5.32. The molecule has 104 valence electrons. The fourth-order valence-corrected chi connectivity index (χ4v) is 1.68. The monoisotopic (exact) mass is 270 g/mol. The molecule has 0 unspecified atom stereocenters. The second-order valence-corrected chi connectivity index (χ2v) is 4.29. The van der Waals surface area contributed by atoms with Crippen molar-refractivity contribution in [2.24, 2.45) is 0 Å². The van der Waals surface area contributed by atoms with Crippen LogP contribution < -0.4 is 5.32 Å². The molecule has 0 aliphatic carbocycles. The second kappa shape index (κ2) is 5.91. The van der Waals surface area contributed by atoms with Crippen molar-refractivity contribution in [3.63, 3.8) is 0 Å². The molecule has 0 bridgehead atoms. The number of alkyl halides is 3. The van der Waals surface area contributed by atoms with E-state index in [9.17, 15) is 13.2 Å². The number of pyridine rings is 1. The van der Waals surface area contributed by atoms with Gasteiger partial charge in [0.2, 0.25) is 0 Å². The molecular weight excluding hydrogens is 253 g/mol. The van der Waals surface area contributed by atoms with Crippen molar-refractivity contribution in [2.75, 3.05) is 0 Å². The standard InChI is InChI=1S/C14H17F3N2/c1-5-13(14(15,16)17)11(4)19-8-12-6-9(2)7-18-10(12)3/h5-7,19H,4,8H2,1-3H3/b13-5+. The van der Waals surface area contributed by atoms with Crippen LogP contribution in [0.5, 0.6) is 0 Å². The quantitative estimate of drug-likeness (QED) is 0.841. The smallest absolute Gasteiger partial charge is 0.381 e. The molecule has 0 atom stereocenters. The van der Waals surface area contributed by atoms with E-state index in [1.54, 1.807) is 6.20 Å². The van der Waals surface area contributed by atoms with Gasteiger partial charge in [0, 0.05) is 24.1 Å². The van der Waals surface area contributed by atoms with Crippen LogP contribution in [0.3, 0.4) is 0 Å².